The highest BCUT2D eigenvalue weighted by Gasteiger charge is 2.10. The van der Waals surface area contributed by atoms with Gasteiger partial charge in [-0.25, -0.2) is 0 Å². The van der Waals surface area contributed by atoms with Crippen molar-refractivity contribution in [1.29, 1.82) is 0 Å². The monoisotopic (exact) mass is 386 g/mol. The second kappa shape index (κ2) is 6.30. The number of hydrogen-bond donors (Lipinski definition) is 2. The summed E-state index contributed by atoms with van der Waals surface area (Å²) < 4.78 is 0. The van der Waals surface area contributed by atoms with Crippen molar-refractivity contribution >= 4 is 74.1 Å². The van der Waals surface area contributed by atoms with Gasteiger partial charge in [-0.05, 0) is 54.1 Å². The topological polar surface area (TPSA) is 27.8 Å². The van der Waals surface area contributed by atoms with Crippen LogP contribution in [0.25, 0.3) is 27.9 Å². The summed E-state index contributed by atoms with van der Waals surface area (Å²) in [4.78, 5) is 3.42. The summed E-state index contributed by atoms with van der Waals surface area (Å²) in [5, 5.41) is 7.32. The number of benzene rings is 3. The summed E-state index contributed by atoms with van der Waals surface area (Å²) in [5.41, 5.74) is 4.83. The Hall–Kier alpha value is -2.13. The molecular weight excluding hydrogens is 375 g/mol. The van der Waals surface area contributed by atoms with Crippen molar-refractivity contribution in [2.75, 3.05) is 5.32 Å². The van der Waals surface area contributed by atoms with Gasteiger partial charge in [0, 0.05) is 38.2 Å². The fraction of sp³-hybridized carbons (Fsp3) is 0. The molecule has 0 radical (unpaired) electrons. The van der Waals surface area contributed by atoms with Crippen LogP contribution in [0.2, 0.25) is 15.1 Å². The summed E-state index contributed by atoms with van der Waals surface area (Å²) in [6.45, 7) is 3.93. The van der Waals surface area contributed by atoms with E-state index in [-0.39, 0.29) is 0 Å². The highest BCUT2D eigenvalue weighted by atomic mass is 35.5. The molecule has 4 rings (SSSR count). The predicted molar refractivity (Wildman–Crippen MR) is 111 cm³/mol. The Morgan fingerprint density at radius 3 is 2.40 bits per heavy atom. The lowest BCUT2D eigenvalue weighted by molar-refractivity contribution is 1.51. The standard InChI is InChI=1S/C20H13Cl3N2/c1-2-11-7-14-15-8-12(21)3-6-18(15)25-20(14)10-19(11)24-13-4-5-16(22)17(23)9-13/h2-10,24-25H,1H2. The number of rotatable bonds is 3. The minimum Gasteiger partial charge on any atom is -0.355 e. The van der Waals surface area contributed by atoms with Crippen molar-refractivity contribution in [3.05, 3.63) is 75.7 Å². The van der Waals surface area contributed by atoms with Crippen LogP contribution in [0.15, 0.2) is 55.1 Å². The van der Waals surface area contributed by atoms with Crippen molar-refractivity contribution in [2.24, 2.45) is 0 Å². The summed E-state index contributed by atoms with van der Waals surface area (Å²) in [6.07, 6.45) is 1.82. The zero-order valence-corrected chi connectivity index (χ0v) is 15.3. The molecule has 0 spiro atoms. The Kier molecular flexibility index (Phi) is 4.12. The Labute approximate surface area is 160 Å². The third-order valence-corrected chi connectivity index (χ3v) is 5.12. The van der Waals surface area contributed by atoms with Gasteiger partial charge in [0.2, 0.25) is 0 Å². The summed E-state index contributed by atoms with van der Waals surface area (Å²) >= 11 is 18.2. The Bertz CT molecular complexity index is 1130. The van der Waals surface area contributed by atoms with E-state index >= 15 is 0 Å². The lowest BCUT2D eigenvalue weighted by Crippen LogP contribution is -1.93. The van der Waals surface area contributed by atoms with Crippen LogP contribution in [-0.4, -0.2) is 4.98 Å². The number of nitrogens with one attached hydrogen (secondary N) is 2. The molecule has 5 heteroatoms. The third-order valence-electron chi connectivity index (χ3n) is 4.15. The number of aromatic nitrogens is 1. The lowest BCUT2D eigenvalue weighted by atomic mass is 10.1. The Morgan fingerprint density at radius 2 is 1.64 bits per heavy atom. The van der Waals surface area contributed by atoms with E-state index in [9.17, 15) is 0 Å². The molecule has 0 saturated heterocycles. The van der Waals surface area contributed by atoms with Gasteiger partial charge in [0.25, 0.3) is 0 Å². The Balaban J connectivity index is 1.86. The maximum atomic E-state index is 6.15. The Morgan fingerprint density at radius 1 is 0.840 bits per heavy atom. The molecule has 25 heavy (non-hydrogen) atoms. The normalized spacial score (nSPS) is 11.2. The van der Waals surface area contributed by atoms with Crippen LogP contribution in [0, 0.1) is 0 Å². The van der Waals surface area contributed by atoms with Crippen molar-refractivity contribution in [3.63, 3.8) is 0 Å². The largest absolute Gasteiger partial charge is 0.355 e. The van der Waals surface area contributed by atoms with Crippen LogP contribution in [0.4, 0.5) is 11.4 Å². The smallest absolute Gasteiger partial charge is 0.0612 e. The number of H-pyrrole nitrogens is 1. The van der Waals surface area contributed by atoms with Crippen molar-refractivity contribution in [1.82, 2.24) is 4.98 Å². The zero-order valence-electron chi connectivity index (χ0n) is 13.0. The number of anilines is 2. The van der Waals surface area contributed by atoms with Gasteiger partial charge in [-0.2, -0.15) is 0 Å². The first-order valence-corrected chi connectivity index (χ1v) is 8.78. The molecule has 2 nitrogen and oxygen atoms in total. The highest BCUT2D eigenvalue weighted by Crippen LogP contribution is 2.34. The van der Waals surface area contributed by atoms with E-state index < -0.39 is 0 Å². The maximum Gasteiger partial charge on any atom is 0.0612 e. The van der Waals surface area contributed by atoms with Crippen LogP contribution in [0.3, 0.4) is 0 Å². The number of hydrogen-bond acceptors (Lipinski definition) is 1. The van der Waals surface area contributed by atoms with Gasteiger partial charge < -0.3 is 10.3 Å². The highest BCUT2D eigenvalue weighted by molar-refractivity contribution is 6.42. The van der Waals surface area contributed by atoms with Crippen LogP contribution in [0.5, 0.6) is 0 Å². The van der Waals surface area contributed by atoms with Crippen LogP contribution >= 0.6 is 34.8 Å². The van der Waals surface area contributed by atoms with Gasteiger partial charge >= 0.3 is 0 Å². The second-order valence-corrected chi connectivity index (χ2v) is 7.01. The molecule has 0 aliphatic heterocycles. The van der Waals surface area contributed by atoms with E-state index in [0.717, 1.165) is 38.7 Å². The molecule has 0 aliphatic rings. The molecule has 0 saturated carbocycles. The molecular formula is C20H13Cl3N2. The van der Waals surface area contributed by atoms with Crippen molar-refractivity contribution < 1.29 is 0 Å². The summed E-state index contributed by atoms with van der Waals surface area (Å²) in [6, 6.07) is 15.4. The molecule has 0 aliphatic carbocycles. The number of halogens is 3. The molecule has 1 aromatic heterocycles. The number of aromatic amines is 1. The summed E-state index contributed by atoms with van der Waals surface area (Å²) in [7, 11) is 0. The van der Waals surface area contributed by atoms with E-state index in [1.807, 2.05) is 30.3 Å². The van der Waals surface area contributed by atoms with E-state index in [1.54, 1.807) is 12.1 Å². The van der Waals surface area contributed by atoms with E-state index in [2.05, 4.69) is 29.0 Å². The van der Waals surface area contributed by atoms with Gasteiger partial charge in [-0.15, -0.1) is 0 Å². The van der Waals surface area contributed by atoms with E-state index in [4.69, 9.17) is 34.8 Å². The number of fused-ring (bicyclic) bond motifs is 3. The molecule has 4 aromatic rings. The molecule has 0 amide bonds. The third kappa shape index (κ3) is 2.98. The average molecular weight is 388 g/mol. The van der Waals surface area contributed by atoms with Crippen LogP contribution in [0.1, 0.15) is 5.56 Å². The maximum absolute atomic E-state index is 6.15. The van der Waals surface area contributed by atoms with Gasteiger partial charge in [0.05, 0.1) is 10.0 Å². The zero-order chi connectivity index (χ0) is 17.6. The molecule has 0 unspecified atom stereocenters. The van der Waals surface area contributed by atoms with Crippen molar-refractivity contribution in [2.45, 2.75) is 0 Å². The molecule has 3 aromatic carbocycles. The second-order valence-electron chi connectivity index (χ2n) is 5.76. The first-order valence-electron chi connectivity index (χ1n) is 7.64. The van der Waals surface area contributed by atoms with Gasteiger partial charge in [0.1, 0.15) is 0 Å². The van der Waals surface area contributed by atoms with E-state index in [0.29, 0.717) is 15.1 Å². The molecule has 0 fully saturated rings. The van der Waals surface area contributed by atoms with Gasteiger partial charge in [-0.1, -0.05) is 47.5 Å². The molecule has 124 valence electrons. The minimum atomic E-state index is 0.508. The predicted octanol–water partition coefficient (Wildman–Crippen LogP) is 7.67. The van der Waals surface area contributed by atoms with Crippen LogP contribution < -0.4 is 5.32 Å². The molecule has 1 heterocycles. The fourth-order valence-electron chi connectivity index (χ4n) is 2.94. The quantitative estimate of drug-likeness (QED) is 0.371. The SMILES string of the molecule is C=Cc1cc2c(cc1Nc1ccc(Cl)c(Cl)c1)[nH]c1ccc(Cl)cc12. The van der Waals surface area contributed by atoms with Crippen LogP contribution in [-0.2, 0) is 0 Å². The van der Waals surface area contributed by atoms with Crippen molar-refractivity contribution in [3.8, 4) is 0 Å². The lowest BCUT2D eigenvalue weighted by Gasteiger charge is -2.11. The molecule has 0 bridgehead atoms. The fourth-order valence-corrected chi connectivity index (χ4v) is 3.41. The minimum absolute atomic E-state index is 0.508. The van der Waals surface area contributed by atoms with E-state index in [1.165, 1.54) is 0 Å². The van der Waals surface area contributed by atoms with Gasteiger partial charge in [0.15, 0.2) is 0 Å². The summed E-state index contributed by atoms with van der Waals surface area (Å²) in [5.74, 6) is 0. The van der Waals surface area contributed by atoms with Gasteiger partial charge in [-0.3, -0.25) is 0 Å². The first-order chi connectivity index (χ1) is 12.0. The molecule has 2 N–H and O–H groups in total. The first kappa shape index (κ1) is 16.3. The molecule has 0 atom stereocenters. The average Bonchev–Trinajstić information content (AvgIpc) is 2.94.